The van der Waals surface area contributed by atoms with E-state index in [9.17, 15) is 0 Å². The molecule has 5 heteroatoms. The van der Waals surface area contributed by atoms with Crippen LogP contribution in [0.3, 0.4) is 0 Å². The van der Waals surface area contributed by atoms with Crippen molar-refractivity contribution in [3.63, 3.8) is 0 Å². The van der Waals surface area contributed by atoms with Gasteiger partial charge in [0.25, 0.3) is 0 Å². The summed E-state index contributed by atoms with van der Waals surface area (Å²) in [4.78, 5) is 5.18. The Bertz CT molecular complexity index is 687. The van der Waals surface area contributed by atoms with Gasteiger partial charge in [-0.2, -0.15) is 0 Å². The van der Waals surface area contributed by atoms with Crippen LogP contribution in [-0.4, -0.2) is 14.6 Å². The first kappa shape index (κ1) is 11.3. The molecule has 0 bridgehead atoms. The Morgan fingerprint density at radius 1 is 1.28 bits per heavy atom. The van der Waals surface area contributed by atoms with Gasteiger partial charge in [-0.15, -0.1) is 5.10 Å². The summed E-state index contributed by atoms with van der Waals surface area (Å²) in [5, 5.41) is 6.25. The Labute approximate surface area is 109 Å². The zero-order chi connectivity index (χ0) is 12.5. The van der Waals surface area contributed by atoms with Crippen LogP contribution in [0.1, 0.15) is 22.2 Å². The molecule has 2 heterocycles. The number of benzene rings is 1. The third-order valence-corrected chi connectivity index (χ3v) is 3.93. The zero-order valence-electron chi connectivity index (χ0n) is 9.87. The quantitative estimate of drug-likeness (QED) is 0.765. The van der Waals surface area contributed by atoms with E-state index in [0.717, 1.165) is 26.9 Å². The van der Waals surface area contributed by atoms with Gasteiger partial charge in [-0.25, -0.2) is 0 Å². The minimum atomic E-state index is -0.196. The summed E-state index contributed by atoms with van der Waals surface area (Å²) < 4.78 is 3.94. The number of nitrogens with zero attached hydrogens (tertiary/aromatic N) is 3. The number of hydrogen-bond acceptors (Lipinski definition) is 5. The van der Waals surface area contributed by atoms with Gasteiger partial charge in [0.2, 0.25) is 0 Å². The highest BCUT2D eigenvalue weighted by Gasteiger charge is 2.17. The van der Waals surface area contributed by atoms with Gasteiger partial charge in [-0.1, -0.05) is 22.7 Å². The Kier molecular flexibility index (Phi) is 2.77. The normalized spacial score (nSPS) is 12.8. The van der Waals surface area contributed by atoms with Crippen LogP contribution in [0.5, 0.6) is 0 Å². The summed E-state index contributed by atoms with van der Waals surface area (Å²) in [6.07, 6.45) is 3.64. The van der Waals surface area contributed by atoms with E-state index in [1.165, 1.54) is 11.5 Å². The van der Waals surface area contributed by atoms with Crippen molar-refractivity contribution in [2.45, 2.75) is 13.0 Å². The SMILES string of the molecule is Cc1nnsc1C(N)c1cccc2ccncc12. The van der Waals surface area contributed by atoms with Crippen molar-refractivity contribution in [1.82, 2.24) is 14.6 Å². The summed E-state index contributed by atoms with van der Waals surface area (Å²) in [6.45, 7) is 1.93. The van der Waals surface area contributed by atoms with Crippen molar-refractivity contribution in [3.8, 4) is 0 Å². The van der Waals surface area contributed by atoms with Gasteiger partial charge in [0, 0.05) is 17.8 Å². The molecule has 0 spiro atoms. The van der Waals surface area contributed by atoms with E-state index in [0.29, 0.717) is 0 Å². The van der Waals surface area contributed by atoms with Crippen molar-refractivity contribution in [2.24, 2.45) is 5.73 Å². The average Bonchev–Trinajstić information content (AvgIpc) is 2.83. The Morgan fingerprint density at radius 2 is 2.17 bits per heavy atom. The minimum Gasteiger partial charge on any atom is -0.319 e. The molecule has 0 aliphatic heterocycles. The second kappa shape index (κ2) is 4.44. The van der Waals surface area contributed by atoms with Gasteiger partial charge in [0.05, 0.1) is 16.6 Å². The van der Waals surface area contributed by atoms with Gasteiger partial charge < -0.3 is 5.73 Å². The molecule has 1 aromatic carbocycles. The lowest BCUT2D eigenvalue weighted by Gasteiger charge is -2.12. The van der Waals surface area contributed by atoms with Crippen LogP contribution in [0.15, 0.2) is 36.7 Å². The van der Waals surface area contributed by atoms with Crippen molar-refractivity contribution < 1.29 is 0 Å². The highest BCUT2D eigenvalue weighted by atomic mass is 32.1. The number of fused-ring (bicyclic) bond motifs is 1. The highest BCUT2D eigenvalue weighted by molar-refractivity contribution is 7.05. The molecule has 0 saturated heterocycles. The summed E-state index contributed by atoms with van der Waals surface area (Å²) in [5.74, 6) is 0. The molecular weight excluding hydrogens is 244 g/mol. The predicted octanol–water partition coefficient (Wildman–Crippen LogP) is 2.44. The first-order chi connectivity index (χ1) is 8.77. The minimum absolute atomic E-state index is 0.196. The van der Waals surface area contributed by atoms with Crippen LogP contribution < -0.4 is 5.73 Å². The molecule has 4 nitrogen and oxygen atoms in total. The van der Waals surface area contributed by atoms with Crippen molar-refractivity contribution in [2.75, 3.05) is 0 Å². The fourth-order valence-electron chi connectivity index (χ4n) is 2.07. The first-order valence-electron chi connectivity index (χ1n) is 5.64. The van der Waals surface area contributed by atoms with Crippen LogP contribution in [0.4, 0.5) is 0 Å². The maximum Gasteiger partial charge on any atom is 0.0776 e. The molecule has 2 aromatic heterocycles. The highest BCUT2D eigenvalue weighted by Crippen LogP contribution is 2.29. The lowest BCUT2D eigenvalue weighted by atomic mass is 9.99. The standard InChI is InChI=1S/C13H12N4S/c1-8-13(18-17-16-8)12(14)10-4-2-3-9-5-6-15-7-11(9)10/h2-7,12H,14H2,1H3. The first-order valence-corrected chi connectivity index (χ1v) is 6.42. The predicted molar refractivity (Wildman–Crippen MR) is 72.4 cm³/mol. The van der Waals surface area contributed by atoms with Gasteiger partial charge in [0.1, 0.15) is 0 Å². The van der Waals surface area contributed by atoms with Crippen LogP contribution in [0.25, 0.3) is 10.8 Å². The smallest absolute Gasteiger partial charge is 0.0776 e. The number of nitrogens with two attached hydrogens (primary N) is 1. The summed E-state index contributed by atoms with van der Waals surface area (Å²) in [5.41, 5.74) is 8.29. The van der Waals surface area contributed by atoms with Gasteiger partial charge in [0.15, 0.2) is 0 Å². The molecule has 0 aliphatic carbocycles. The van der Waals surface area contributed by atoms with E-state index < -0.39 is 0 Å². The Balaban J connectivity index is 2.18. The molecule has 3 aromatic rings. The fourth-order valence-corrected chi connectivity index (χ4v) is 2.74. The maximum atomic E-state index is 6.33. The molecule has 0 saturated carbocycles. The number of rotatable bonds is 2. The van der Waals surface area contributed by atoms with Crippen LogP contribution >= 0.6 is 11.5 Å². The van der Waals surface area contributed by atoms with Crippen LogP contribution in [0, 0.1) is 6.92 Å². The number of hydrogen-bond donors (Lipinski definition) is 1. The third-order valence-electron chi connectivity index (χ3n) is 3.02. The van der Waals surface area contributed by atoms with E-state index in [2.05, 4.69) is 20.6 Å². The summed E-state index contributed by atoms with van der Waals surface area (Å²) in [6, 6.07) is 7.90. The van der Waals surface area contributed by atoms with E-state index in [4.69, 9.17) is 5.73 Å². The largest absolute Gasteiger partial charge is 0.319 e. The molecule has 1 atom stereocenters. The van der Waals surface area contributed by atoms with E-state index in [1.807, 2.05) is 31.3 Å². The lowest BCUT2D eigenvalue weighted by molar-refractivity contribution is 0.882. The molecule has 90 valence electrons. The molecule has 2 N–H and O–H groups in total. The van der Waals surface area contributed by atoms with Crippen molar-refractivity contribution in [1.29, 1.82) is 0 Å². The fraction of sp³-hybridized carbons (Fsp3) is 0.154. The van der Waals surface area contributed by atoms with Gasteiger partial charge >= 0.3 is 0 Å². The lowest BCUT2D eigenvalue weighted by Crippen LogP contribution is -2.12. The molecule has 18 heavy (non-hydrogen) atoms. The number of aromatic nitrogens is 3. The van der Waals surface area contributed by atoms with Crippen LogP contribution in [0.2, 0.25) is 0 Å². The van der Waals surface area contributed by atoms with Crippen LogP contribution in [-0.2, 0) is 0 Å². The molecule has 0 amide bonds. The molecule has 0 fully saturated rings. The van der Waals surface area contributed by atoms with Crippen molar-refractivity contribution in [3.05, 3.63) is 52.8 Å². The molecule has 0 aliphatic rings. The van der Waals surface area contributed by atoms with E-state index >= 15 is 0 Å². The number of pyridine rings is 1. The third kappa shape index (κ3) is 1.77. The molecule has 3 rings (SSSR count). The molecule has 0 radical (unpaired) electrons. The molecule has 1 unspecified atom stereocenters. The second-order valence-electron chi connectivity index (χ2n) is 4.14. The Morgan fingerprint density at radius 3 is 2.94 bits per heavy atom. The topological polar surface area (TPSA) is 64.7 Å². The average molecular weight is 256 g/mol. The Hall–Kier alpha value is -1.85. The summed E-state index contributed by atoms with van der Waals surface area (Å²) in [7, 11) is 0. The van der Waals surface area contributed by atoms with Crippen molar-refractivity contribution >= 4 is 22.3 Å². The molecular formula is C13H12N4S. The second-order valence-corrected chi connectivity index (χ2v) is 4.93. The zero-order valence-corrected chi connectivity index (χ0v) is 10.7. The van der Waals surface area contributed by atoms with Gasteiger partial charge in [-0.3, -0.25) is 4.98 Å². The van der Waals surface area contributed by atoms with E-state index in [-0.39, 0.29) is 6.04 Å². The maximum absolute atomic E-state index is 6.33. The summed E-state index contributed by atoms with van der Waals surface area (Å²) >= 11 is 1.35. The monoisotopic (exact) mass is 256 g/mol. The van der Waals surface area contributed by atoms with Gasteiger partial charge in [-0.05, 0) is 35.5 Å². The number of aryl methyl sites for hydroxylation is 1. The van der Waals surface area contributed by atoms with E-state index in [1.54, 1.807) is 6.20 Å².